The Balaban J connectivity index is 2.41. The second-order valence-electron chi connectivity index (χ2n) is 3.66. The fourth-order valence-corrected chi connectivity index (χ4v) is 2.01. The van der Waals surface area contributed by atoms with E-state index in [9.17, 15) is 0 Å². The number of anilines is 1. The van der Waals surface area contributed by atoms with Gasteiger partial charge < -0.3 is 10.6 Å². The van der Waals surface area contributed by atoms with E-state index in [0.29, 0.717) is 6.54 Å². The first-order valence-electron chi connectivity index (χ1n) is 5.02. The summed E-state index contributed by atoms with van der Waals surface area (Å²) in [4.78, 5) is 2.31. The summed E-state index contributed by atoms with van der Waals surface area (Å²) < 4.78 is 0. The van der Waals surface area contributed by atoms with E-state index in [-0.39, 0.29) is 0 Å². The maximum absolute atomic E-state index is 5.46. The summed E-state index contributed by atoms with van der Waals surface area (Å²) >= 11 is 0. The summed E-state index contributed by atoms with van der Waals surface area (Å²) in [6.45, 7) is 1.73. The summed E-state index contributed by atoms with van der Waals surface area (Å²) in [6, 6.07) is 6.47. The number of benzene rings is 1. The Morgan fingerprint density at radius 1 is 1.50 bits per heavy atom. The van der Waals surface area contributed by atoms with Crippen molar-refractivity contribution in [3.8, 4) is 0 Å². The minimum atomic E-state index is 0.605. The fourth-order valence-electron chi connectivity index (χ4n) is 2.01. The van der Waals surface area contributed by atoms with Gasteiger partial charge in [0.25, 0.3) is 0 Å². The minimum absolute atomic E-state index is 0.605. The molecule has 14 heavy (non-hydrogen) atoms. The van der Waals surface area contributed by atoms with Crippen molar-refractivity contribution in [1.29, 1.82) is 0 Å². The Hall–Kier alpha value is -1.28. The number of hydrogen-bond acceptors (Lipinski definition) is 2. The van der Waals surface area contributed by atoms with Crippen molar-refractivity contribution in [3.05, 3.63) is 35.4 Å². The number of fused-ring (bicyclic) bond motifs is 1. The highest BCUT2D eigenvalue weighted by atomic mass is 15.1. The maximum atomic E-state index is 5.46. The van der Waals surface area contributed by atoms with E-state index in [0.717, 1.165) is 13.0 Å². The summed E-state index contributed by atoms with van der Waals surface area (Å²) in [5, 5.41) is 0. The molecule has 0 saturated carbocycles. The zero-order valence-electron chi connectivity index (χ0n) is 8.53. The van der Waals surface area contributed by atoms with Gasteiger partial charge in [-0.25, -0.2) is 0 Å². The average Bonchev–Trinajstić information content (AvgIpc) is 2.58. The molecule has 0 spiro atoms. The predicted molar refractivity (Wildman–Crippen MR) is 61.5 cm³/mol. The second kappa shape index (κ2) is 3.84. The SMILES string of the molecule is CN1CCc2cccc(/C=C/CN)c21. The standard InChI is InChI=1S/C12H16N2/c1-14-9-7-11-5-2-4-10(12(11)14)6-3-8-13/h2-6H,7-9,13H2,1H3/b6-3+. The smallest absolute Gasteiger partial charge is 0.0470 e. The van der Waals surface area contributed by atoms with Gasteiger partial charge in [0.15, 0.2) is 0 Å². The largest absolute Gasteiger partial charge is 0.374 e. The van der Waals surface area contributed by atoms with Crippen LogP contribution in [-0.4, -0.2) is 20.1 Å². The molecule has 0 radical (unpaired) electrons. The highest BCUT2D eigenvalue weighted by Gasteiger charge is 2.17. The van der Waals surface area contributed by atoms with Crippen LogP contribution in [0.25, 0.3) is 6.08 Å². The first-order valence-corrected chi connectivity index (χ1v) is 5.02. The van der Waals surface area contributed by atoms with Gasteiger partial charge in [0, 0.05) is 25.8 Å². The van der Waals surface area contributed by atoms with Gasteiger partial charge >= 0.3 is 0 Å². The number of rotatable bonds is 2. The van der Waals surface area contributed by atoms with E-state index >= 15 is 0 Å². The van der Waals surface area contributed by atoms with Crippen molar-refractivity contribution in [2.45, 2.75) is 6.42 Å². The van der Waals surface area contributed by atoms with Crippen LogP contribution in [0.1, 0.15) is 11.1 Å². The van der Waals surface area contributed by atoms with Crippen LogP contribution in [0.3, 0.4) is 0 Å². The molecule has 2 nitrogen and oxygen atoms in total. The summed E-state index contributed by atoms with van der Waals surface area (Å²) in [7, 11) is 2.14. The maximum Gasteiger partial charge on any atom is 0.0470 e. The van der Waals surface area contributed by atoms with E-state index in [1.807, 2.05) is 6.08 Å². The van der Waals surface area contributed by atoms with Crippen molar-refractivity contribution < 1.29 is 0 Å². The molecule has 1 heterocycles. The molecule has 74 valence electrons. The molecule has 0 unspecified atom stereocenters. The summed E-state index contributed by atoms with van der Waals surface area (Å²) in [5.41, 5.74) is 9.56. The third-order valence-electron chi connectivity index (χ3n) is 2.68. The van der Waals surface area contributed by atoms with Gasteiger partial charge in [-0.1, -0.05) is 30.4 Å². The first kappa shape index (κ1) is 9.28. The second-order valence-corrected chi connectivity index (χ2v) is 3.66. The van der Waals surface area contributed by atoms with Crippen LogP contribution in [-0.2, 0) is 6.42 Å². The molecule has 0 amide bonds. The van der Waals surface area contributed by atoms with E-state index < -0.39 is 0 Å². The highest BCUT2D eigenvalue weighted by molar-refractivity contribution is 5.73. The van der Waals surface area contributed by atoms with E-state index in [4.69, 9.17) is 5.73 Å². The molecule has 1 aromatic carbocycles. The number of para-hydroxylation sites is 1. The first-order chi connectivity index (χ1) is 6.83. The van der Waals surface area contributed by atoms with Gasteiger partial charge in [-0.2, -0.15) is 0 Å². The van der Waals surface area contributed by atoms with Crippen LogP contribution < -0.4 is 10.6 Å². The predicted octanol–water partition coefficient (Wildman–Crippen LogP) is 1.65. The van der Waals surface area contributed by atoms with Crippen molar-refractivity contribution in [3.63, 3.8) is 0 Å². The molecule has 2 heteroatoms. The van der Waals surface area contributed by atoms with Crippen molar-refractivity contribution in [1.82, 2.24) is 0 Å². The molecule has 0 bridgehead atoms. The molecule has 0 aliphatic carbocycles. The topological polar surface area (TPSA) is 29.3 Å². The van der Waals surface area contributed by atoms with Crippen LogP contribution in [0.4, 0.5) is 5.69 Å². The Morgan fingerprint density at radius 3 is 3.14 bits per heavy atom. The molecule has 0 saturated heterocycles. The Bertz CT molecular complexity index is 355. The minimum Gasteiger partial charge on any atom is -0.374 e. The molecule has 0 atom stereocenters. The van der Waals surface area contributed by atoms with E-state index in [1.165, 1.54) is 16.8 Å². The fraction of sp³-hybridized carbons (Fsp3) is 0.333. The lowest BCUT2D eigenvalue weighted by Gasteiger charge is -2.14. The van der Waals surface area contributed by atoms with Gasteiger partial charge in [-0.3, -0.25) is 0 Å². The average molecular weight is 188 g/mol. The number of likely N-dealkylation sites (N-methyl/N-ethyl adjacent to an activating group) is 1. The molecular weight excluding hydrogens is 172 g/mol. The molecule has 2 rings (SSSR count). The normalized spacial score (nSPS) is 15.1. The van der Waals surface area contributed by atoms with Crippen molar-refractivity contribution >= 4 is 11.8 Å². The van der Waals surface area contributed by atoms with Gasteiger partial charge in [0.1, 0.15) is 0 Å². The Kier molecular flexibility index (Phi) is 2.55. The third-order valence-corrected chi connectivity index (χ3v) is 2.68. The van der Waals surface area contributed by atoms with Gasteiger partial charge in [-0.15, -0.1) is 0 Å². The monoisotopic (exact) mass is 188 g/mol. The third kappa shape index (κ3) is 1.53. The quantitative estimate of drug-likeness (QED) is 0.764. The van der Waals surface area contributed by atoms with Crippen LogP contribution >= 0.6 is 0 Å². The van der Waals surface area contributed by atoms with Gasteiger partial charge in [0.2, 0.25) is 0 Å². The van der Waals surface area contributed by atoms with Crippen LogP contribution in [0.5, 0.6) is 0 Å². The van der Waals surface area contributed by atoms with Crippen molar-refractivity contribution in [2.24, 2.45) is 5.73 Å². The molecule has 1 aliphatic rings. The number of nitrogens with two attached hydrogens (primary N) is 1. The van der Waals surface area contributed by atoms with Gasteiger partial charge in [-0.05, 0) is 17.5 Å². The Morgan fingerprint density at radius 2 is 2.36 bits per heavy atom. The molecular formula is C12H16N2. The summed E-state index contributed by atoms with van der Waals surface area (Å²) in [6.07, 6.45) is 5.28. The van der Waals surface area contributed by atoms with Gasteiger partial charge in [0.05, 0.1) is 0 Å². The number of nitrogens with zero attached hydrogens (tertiary/aromatic N) is 1. The lowest BCUT2D eigenvalue weighted by molar-refractivity contribution is 0.955. The molecule has 2 N–H and O–H groups in total. The summed E-state index contributed by atoms with van der Waals surface area (Å²) in [5.74, 6) is 0. The Labute approximate surface area is 85.0 Å². The number of hydrogen-bond donors (Lipinski definition) is 1. The van der Waals surface area contributed by atoms with E-state index in [2.05, 4.69) is 36.2 Å². The van der Waals surface area contributed by atoms with Crippen LogP contribution in [0.15, 0.2) is 24.3 Å². The molecule has 1 aromatic rings. The molecule has 0 aromatic heterocycles. The lowest BCUT2D eigenvalue weighted by Crippen LogP contribution is -2.13. The van der Waals surface area contributed by atoms with Crippen LogP contribution in [0, 0.1) is 0 Å². The highest BCUT2D eigenvalue weighted by Crippen LogP contribution is 2.31. The van der Waals surface area contributed by atoms with E-state index in [1.54, 1.807) is 0 Å². The zero-order chi connectivity index (χ0) is 9.97. The molecule has 0 fully saturated rings. The molecule has 1 aliphatic heterocycles. The lowest BCUT2D eigenvalue weighted by atomic mass is 10.1. The zero-order valence-corrected chi connectivity index (χ0v) is 8.53. The van der Waals surface area contributed by atoms with Crippen molar-refractivity contribution in [2.75, 3.05) is 25.0 Å². The van der Waals surface area contributed by atoms with Crippen LogP contribution in [0.2, 0.25) is 0 Å².